The SMILES string of the molecule is CC(C)N(CCCCc1nc2ccc(C(C)(C)C)cc2[nH]1)C[C@@H]1C[C@@H](n2ccc3c(N)ncnc32)[C@H](O)[C@@H]1O.CC(C)N(CCCCc1nc2ccc(C(C)(C)C)cc2[nH]1)C[C@H]1C[C@@H](n2ccc3c(N)ncnc32)[C@H](O)[C@@H]1O. The van der Waals surface area contributed by atoms with E-state index >= 15 is 0 Å². The predicted molar refractivity (Wildman–Crippen MR) is 311 cm³/mol. The Labute approximate surface area is 459 Å². The van der Waals surface area contributed by atoms with E-state index < -0.39 is 24.4 Å². The van der Waals surface area contributed by atoms with Gasteiger partial charge < -0.3 is 60.8 Å². The molecule has 0 aliphatic heterocycles. The molecule has 0 radical (unpaired) electrons. The second-order valence-corrected chi connectivity index (χ2v) is 24.9. The van der Waals surface area contributed by atoms with Gasteiger partial charge in [-0.25, -0.2) is 29.9 Å². The van der Waals surface area contributed by atoms with Gasteiger partial charge in [0.25, 0.3) is 0 Å². The Bertz CT molecular complexity index is 3060. The molecule has 8 atom stereocenters. The number of aromatic nitrogens is 10. The van der Waals surface area contributed by atoms with Crippen LogP contribution in [-0.2, 0) is 23.7 Å². The van der Waals surface area contributed by atoms with E-state index in [9.17, 15) is 20.4 Å². The van der Waals surface area contributed by atoms with Crippen LogP contribution >= 0.6 is 0 Å². The third-order valence-corrected chi connectivity index (χ3v) is 16.7. The minimum absolute atomic E-state index is 0.0311. The van der Waals surface area contributed by atoms with Crippen LogP contribution in [0.25, 0.3) is 44.1 Å². The lowest BCUT2D eigenvalue weighted by atomic mass is 9.87. The first-order valence-electron chi connectivity index (χ1n) is 28.4. The van der Waals surface area contributed by atoms with Crippen LogP contribution in [0.4, 0.5) is 11.6 Å². The molecule has 2 aromatic carbocycles. The Kier molecular flexibility index (Phi) is 17.0. The Hall–Kier alpha value is -6.02. The molecule has 0 amide bonds. The van der Waals surface area contributed by atoms with Gasteiger partial charge in [-0.15, -0.1) is 0 Å². The number of aromatic amines is 2. The number of hydrogen-bond acceptors (Lipinski definition) is 14. The van der Waals surface area contributed by atoms with Crippen molar-refractivity contribution in [3.8, 4) is 0 Å². The minimum atomic E-state index is -0.859. The van der Waals surface area contributed by atoms with E-state index in [-0.39, 0.29) is 34.7 Å². The molecule has 8 aromatic rings. The molecule has 0 saturated heterocycles. The smallest absolute Gasteiger partial charge is 0.145 e. The van der Waals surface area contributed by atoms with E-state index in [1.165, 1.54) is 23.8 Å². The Morgan fingerprint density at radius 2 is 0.962 bits per heavy atom. The van der Waals surface area contributed by atoms with Gasteiger partial charge in [0.15, 0.2) is 0 Å². The monoisotopic (exact) mass is 1070 g/mol. The summed E-state index contributed by atoms with van der Waals surface area (Å²) in [7, 11) is 0. The molecule has 2 fully saturated rings. The van der Waals surface area contributed by atoms with E-state index in [1.807, 2.05) is 33.7 Å². The third kappa shape index (κ3) is 12.4. The first-order chi connectivity index (χ1) is 37.0. The van der Waals surface area contributed by atoms with Crippen LogP contribution in [0.2, 0.25) is 0 Å². The Balaban J connectivity index is 0.000000190. The summed E-state index contributed by atoms with van der Waals surface area (Å²) in [5.74, 6) is 2.85. The number of H-pyrrole nitrogens is 2. The number of aliphatic hydroxyl groups is 4. The molecule has 18 heteroatoms. The van der Waals surface area contributed by atoms with Gasteiger partial charge in [0.05, 0.1) is 57.1 Å². The molecule has 18 nitrogen and oxygen atoms in total. The zero-order valence-electron chi connectivity index (χ0n) is 47.6. The van der Waals surface area contributed by atoms with Gasteiger partial charge in [0.1, 0.15) is 59.4 Å². The van der Waals surface area contributed by atoms with Crippen molar-refractivity contribution >= 4 is 55.8 Å². The summed E-state index contributed by atoms with van der Waals surface area (Å²) in [5, 5.41) is 45.4. The van der Waals surface area contributed by atoms with Crippen molar-refractivity contribution < 1.29 is 20.4 Å². The summed E-state index contributed by atoms with van der Waals surface area (Å²) in [6.45, 7) is 25.5. The van der Waals surface area contributed by atoms with Gasteiger partial charge in [-0.3, -0.25) is 0 Å². The first kappa shape index (κ1) is 56.7. The van der Waals surface area contributed by atoms with Gasteiger partial charge in [0, 0.05) is 62.2 Å². The number of aliphatic hydroxyl groups excluding tert-OH is 4. The molecule has 10 rings (SSSR count). The fraction of sp³-hybridized carbons (Fsp3) is 0.567. The average Bonchev–Trinajstić information content (AvgIpc) is 4.35. The number of nitrogens with two attached hydrogens (primary N) is 2. The van der Waals surface area contributed by atoms with E-state index in [4.69, 9.17) is 21.4 Å². The topological polar surface area (TPSA) is 258 Å². The maximum absolute atomic E-state index is 11.0. The Morgan fingerprint density at radius 3 is 1.33 bits per heavy atom. The molecule has 78 heavy (non-hydrogen) atoms. The first-order valence-corrected chi connectivity index (χ1v) is 28.4. The van der Waals surface area contributed by atoms with Gasteiger partial charge in [-0.05, 0) is 138 Å². The molecule has 2 aliphatic rings. The summed E-state index contributed by atoms with van der Waals surface area (Å²) >= 11 is 0. The van der Waals surface area contributed by atoms with E-state index in [0.717, 1.165) is 109 Å². The molecule has 10 N–H and O–H groups in total. The maximum Gasteiger partial charge on any atom is 0.145 e. The van der Waals surface area contributed by atoms with Gasteiger partial charge in [-0.2, -0.15) is 0 Å². The fourth-order valence-electron chi connectivity index (χ4n) is 11.9. The molecule has 420 valence electrons. The number of nitrogen functional groups attached to an aromatic ring is 2. The number of fused-ring (bicyclic) bond motifs is 4. The van der Waals surface area contributed by atoms with Crippen molar-refractivity contribution in [2.24, 2.45) is 11.8 Å². The second kappa shape index (κ2) is 23.4. The van der Waals surface area contributed by atoms with E-state index in [2.05, 4.69) is 145 Å². The number of benzene rings is 2. The van der Waals surface area contributed by atoms with Crippen molar-refractivity contribution in [2.45, 2.75) is 180 Å². The zero-order chi connectivity index (χ0) is 55.8. The van der Waals surface area contributed by atoms with Crippen LogP contribution in [0.3, 0.4) is 0 Å². The number of anilines is 2. The molecule has 0 bridgehead atoms. The van der Waals surface area contributed by atoms with Crippen LogP contribution in [-0.4, -0.2) is 142 Å². The normalized spacial score (nSPS) is 22.2. The summed E-state index contributed by atoms with van der Waals surface area (Å²) in [6, 6.07) is 17.0. The fourth-order valence-corrected chi connectivity index (χ4v) is 11.9. The molecular weight excluding hydrogens is 981 g/mol. The highest BCUT2D eigenvalue weighted by atomic mass is 16.3. The number of rotatable bonds is 18. The standard InChI is InChI=1S/2C30H43N7O2/c2*1-18(2)36(12-7-6-8-25-34-22-10-9-20(30(3,4)5)15-23(22)35-25)16-19-14-24(27(39)26(19)38)37-13-11-21-28(31)32-17-33-29(21)37/h2*9-11,13,15,17-19,24,26-27,38-39H,6-8,12,14,16H2,1-5H3,(H,34,35)(H2,31,32,33)/t19-,24+,26+,27-;19-,24-,26-,27+/m01/s1. The summed E-state index contributed by atoms with van der Waals surface area (Å²) in [4.78, 5) is 38.4. The highest BCUT2D eigenvalue weighted by molar-refractivity contribution is 5.87. The van der Waals surface area contributed by atoms with Crippen LogP contribution in [0, 0.1) is 11.8 Å². The minimum Gasteiger partial charge on any atom is -0.390 e. The van der Waals surface area contributed by atoms with Crippen LogP contribution < -0.4 is 11.5 Å². The largest absolute Gasteiger partial charge is 0.390 e. The molecule has 6 heterocycles. The second-order valence-electron chi connectivity index (χ2n) is 24.9. The van der Waals surface area contributed by atoms with Crippen LogP contribution in [0.1, 0.15) is 143 Å². The van der Waals surface area contributed by atoms with Gasteiger partial charge in [0.2, 0.25) is 0 Å². The number of aryl methyl sites for hydroxylation is 2. The highest BCUT2D eigenvalue weighted by Gasteiger charge is 2.45. The zero-order valence-corrected chi connectivity index (χ0v) is 47.6. The number of unbranched alkanes of at least 4 members (excludes halogenated alkanes) is 2. The summed E-state index contributed by atoms with van der Waals surface area (Å²) < 4.78 is 3.89. The van der Waals surface area contributed by atoms with Crippen molar-refractivity contribution in [1.29, 1.82) is 0 Å². The molecule has 0 spiro atoms. The number of imidazole rings is 2. The average molecular weight is 1070 g/mol. The van der Waals surface area contributed by atoms with Gasteiger partial charge >= 0.3 is 0 Å². The van der Waals surface area contributed by atoms with Crippen molar-refractivity contribution in [2.75, 3.05) is 37.6 Å². The van der Waals surface area contributed by atoms with Crippen molar-refractivity contribution in [3.05, 3.63) is 96.4 Å². The summed E-state index contributed by atoms with van der Waals surface area (Å²) in [5.41, 5.74) is 20.5. The third-order valence-electron chi connectivity index (χ3n) is 16.7. The lowest BCUT2D eigenvalue weighted by Crippen LogP contribution is -2.40. The molecular formula is C60H86N14O4. The molecule has 2 aliphatic carbocycles. The van der Waals surface area contributed by atoms with Crippen molar-refractivity contribution in [3.63, 3.8) is 0 Å². The van der Waals surface area contributed by atoms with Crippen LogP contribution in [0.5, 0.6) is 0 Å². The molecule has 6 aromatic heterocycles. The van der Waals surface area contributed by atoms with Crippen molar-refractivity contribution in [1.82, 2.24) is 58.8 Å². The Morgan fingerprint density at radius 1 is 0.564 bits per heavy atom. The molecule has 2 saturated carbocycles. The number of nitrogens with zero attached hydrogens (tertiary/aromatic N) is 10. The number of nitrogens with one attached hydrogen (secondary N) is 2. The van der Waals surface area contributed by atoms with E-state index in [1.54, 1.807) is 0 Å². The van der Waals surface area contributed by atoms with Crippen LogP contribution in [0.15, 0.2) is 73.6 Å². The molecule has 0 unspecified atom stereocenters. The predicted octanol–water partition coefficient (Wildman–Crippen LogP) is 8.41. The summed E-state index contributed by atoms with van der Waals surface area (Å²) in [6.07, 6.45) is 10.7. The van der Waals surface area contributed by atoms with E-state index in [0.29, 0.717) is 47.9 Å². The maximum atomic E-state index is 11.0. The van der Waals surface area contributed by atoms with Gasteiger partial charge in [-0.1, -0.05) is 53.7 Å². The highest BCUT2D eigenvalue weighted by Crippen LogP contribution is 2.40. The number of hydrogen-bond donors (Lipinski definition) is 8. The lowest BCUT2D eigenvalue weighted by molar-refractivity contribution is -0.00172. The quantitative estimate of drug-likeness (QED) is 0.0376. The lowest BCUT2D eigenvalue weighted by Gasteiger charge is -2.30.